The molecule has 0 unspecified atom stereocenters. The number of ether oxygens (including phenoxy) is 1. The summed E-state index contributed by atoms with van der Waals surface area (Å²) in [6, 6.07) is 22.0. The summed E-state index contributed by atoms with van der Waals surface area (Å²) < 4.78 is 5.73. The van der Waals surface area contributed by atoms with E-state index in [0.717, 1.165) is 16.9 Å². The zero-order valence-electron chi connectivity index (χ0n) is 14.4. The molecule has 0 heterocycles. The van der Waals surface area contributed by atoms with E-state index in [4.69, 9.17) is 27.9 Å². The first-order chi connectivity index (χ1) is 13.1. The van der Waals surface area contributed by atoms with E-state index in [-0.39, 0.29) is 5.91 Å². The Morgan fingerprint density at radius 1 is 0.852 bits per heavy atom. The van der Waals surface area contributed by atoms with E-state index in [0.29, 0.717) is 22.3 Å². The normalized spacial score (nSPS) is 10.7. The Hall–Kier alpha value is -2.75. The molecule has 0 aliphatic rings. The van der Waals surface area contributed by atoms with Crippen LogP contribution in [0.25, 0.3) is 6.08 Å². The number of amides is 1. The van der Waals surface area contributed by atoms with Gasteiger partial charge in [0.25, 0.3) is 0 Å². The number of nitrogens with one attached hydrogen (secondary N) is 1. The molecule has 0 atom stereocenters. The van der Waals surface area contributed by atoms with E-state index in [1.165, 1.54) is 6.08 Å². The predicted octanol–water partition coefficient (Wildman–Crippen LogP) is 6.22. The highest BCUT2D eigenvalue weighted by molar-refractivity contribution is 6.30. The van der Waals surface area contributed by atoms with Crippen molar-refractivity contribution in [1.29, 1.82) is 0 Å². The van der Waals surface area contributed by atoms with Crippen molar-refractivity contribution in [2.24, 2.45) is 0 Å². The van der Waals surface area contributed by atoms with Crippen molar-refractivity contribution in [3.8, 4) is 5.75 Å². The summed E-state index contributed by atoms with van der Waals surface area (Å²) in [6.45, 7) is 0.451. The standard InChI is InChI=1S/C22H17Cl2NO2/c23-18-6-1-16(2-7-18)5-14-22(26)25-20-10-12-21(13-11-20)27-15-17-3-8-19(24)9-4-17/h1-14H,15H2,(H,25,26)/b14-5+. The Morgan fingerprint density at radius 2 is 1.44 bits per heavy atom. The number of halogens is 2. The van der Waals surface area contributed by atoms with Gasteiger partial charge in [0.05, 0.1) is 0 Å². The van der Waals surface area contributed by atoms with Crippen LogP contribution in [0.4, 0.5) is 5.69 Å². The number of rotatable bonds is 6. The van der Waals surface area contributed by atoms with Gasteiger partial charge in [-0.15, -0.1) is 0 Å². The van der Waals surface area contributed by atoms with Crippen LogP contribution in [0.1, 0.15) is 11.1 Å². The lowest BCUT2D eigenvalue weighted by molar-refractivity contribution is -0.111. The van der Waals surface area contributed by atoms with Crippen LogP contribution in [-0.4, -0.2) is 5.91 Å². The molecule has 0 fully saturated rings. The zero-order valence-corrected chi connectivity index (χ0v) is 15.9. The van der Waals surface area contributed by atoms with E-state index >= 15 is 0 Å². The molecular formula is C22H17Cl2NO2. The molecule has 0 bridgehead atoms. The number of hydrogen-bond acceptors (Lipinski definition) is 2. The maximum Gasteiger partial charge on any atom is 0.248 e. The second-order valence-electron chi connectivity index (χ2n) is 5.81. The van der Waals surface area contributed by atoms with E-state index in [1.807, 2.05) is 48.5 Å². The molecule has 3 aromatic carbocycles. The van der Waals surface area contributed by atoms with Gasteiger partial charge in [-0.2, -0.15) is 0 Å². The van der Waals surface area contributed by atoms with Gasteiger partial charge in [0.15, 0.2) is 0 Å². The summed E-state index contributed by atoms with van der Waals surface area (Å²) in [5.41, 5.74) is 2.63. The maximum absolute atomic E-state index is 12.0. The van der Waals surface area contributed by atoms with E-state index in [1.54, 1.807) is 30.3 Å². The maximum atomic E-state index is 12.0. The van der Waals surface area contributed by atoms with Crippen LogP contribution in [0.15, 0.2) is 78.9 Å². The van der Waals surface area contributed by atoms with Crippen LogP contribution in [-0.2, 0) is 11.4 Å². The lowest BCUT2D eigenvalue weighted by Gasteiger charge is -2.08. The molecule has 0 spiro atoms. The lowest BCUT2D eigenvalue weighted by Crippen LogP contribution is -2.07. The quantitative estimate of drug-likeness (QED) is 0.501. The minimum Gasteiger partial charge on any atom is -0.489 e. The Labute approximate surface area is 168 Å². The van der Waals surface area contributed by atoms with Gasteiger partial charge >= 0.3 is 0 Å². The summed E-state index contributed by atoms with van der Waals surface area (Å²) in [7, 11) is 0. The number of carbonyl (C=O) groups excluding carboxylic acids is 1. The molecule has 0 saturated carbocycles. The zero-order chi connectivity index (χ0) is 19.1. The van der Waals surface area contributed by atoms with Crippen molar-refractivity contribution in [2.45, 2.75) is 6.61 Å². The van der Waals surface area contributed by atoms with Gasteiger partial charge in [-0.05, 0) is 65.7 Å². The fraction of sp³-hybridized carbons (Fsp3) is 0.0455. The van der Waals surface area contributed by atoms with Gasteiger partial charge in [-0.25, -0.2) is 0 Å². The van der Waals surface area contributed by atoms with E-state index in [2.05, 4.69) is 5.32 Å². The molecule has 136 valence electrons. The molecule has 3 aromatic rings. The van der Waals surface area contributed by atoms with Crippen molar-refractivity contribution in [3.63, 3.8) is 0 Å². The summed E-state index contributed by atoms with van der Waals surface area (Å²) in [5, 5.41) is 4.17. The van der Waals surface area contributed by atoms with Crippen LogP contribution < -0.4 is 10.1 Å². The largest absolute Gasteiger partial charge is 0.489 e. The molecule has 0 aliphatic carbocycles. The first-order valence-electron chi connectivity index (χ1n) is 8.30. The molecule has 3 nitrogen and oxygen atoms in total. The van der Waals surface area contributed by atoms with E-state index < -0.39 is 0 Å². The molecule has 27 heavy (non-hydrogen) atoms. The third-order valence-electron chi connectivity index (χ3n) is 3.74. The summed E-state index contributed by atoms with van der Waals surface area (Å²) in [5.74, 6) is 0.513. The summed E-state index contributed by atoms with van der Waals surface area (Å²) in [6.07, 6.45) is 3.21. The number of benzene rings is 3. The minimum absolute atomic E-state index is 0.209. The van der Waals surface area contributed by atoms with Crippen LogP contribution in [0, 0.1) is 0 Å². The Kier molecular flexibility index (Phi) is 6.53. The van der Waals surface area contributed by atoms with Crippen molar-refractivity contribution < 1.29 is 9.53 Å². The fourth-order valence-corrected chi connectivity index (χ4v) is 2.56. The monoisotopic (exact) mass is 397 g/mol. The topological polar surface area (TPSA) is 38.3 Å². The Balaban J connectivity index is 1.51. The van der Waals surface area contributed by atoms with Crippen LogP contribution in [0.2, 0.25) is 10.0 Å². The Bertz CT molecular complexity index is 918. The van der Waals surface area contributed by atoms with Crippen molar-refractivity contribution in [3.05, 3.63) is 100 Å². The second kappa shape index (κ2) is 9.26. The SMILES string of the molecule is O=C(/C=C/c1ccc(Cl)cc1)Nc1ccc(OCc2ccc(Cl)cc2)cc1. The van der Waals surface area contributed by atoms with Crippen molar-refractivity contribution >= 4 is 40.9 Å². The molecule has 0 aromatic heterocycles. The highest BCUT2D eigenvalue weighted by Gasteiger charge is 2.00. The average molecular weight is 398 g/mol. The van der Waals surface area contributed by atoms with E-state index in [9.17, 15) is 4.79 Å². The first kappa shape index (κ1) is 19.0. The van der Waals surface area contributed by atoms with Crippen LogP contribution >= 0.6 is 23.2 Å². The smallest absolute Gasteiger partial charge is 0.248 e. The molecule has 0 aliphatic heterocycles. The molecule has 1 amide bonds. The average Bonchev–Trinajstić information content (AvgIpc) is 2.68. The first-order valence-corrected chi connectivity index (χ1v) is 9.06. The van der Waals surface area contributed by atoms with Crippen LogP contribution in [0.3, 0.4) is 0 Å². The third kappa shape index (κ3) is 6.17. The van der Waals surface area contributed by atoms with Gasteiger partial charge in [-0.3, -0.25) is 4.79 Å². The summed E-state index contributed by atoms with van der Waals surface area (Å²) >= 11 is 11.7. The van der Waals surface area contributed by atoms with Crippen molar-refractivity contribution in [2.75, 3.05) is 5.32 Å². The minimum atomic E-state index is -0.209. The molecule has 0 radical (unpaired) electrons. The highest BCUT2D eigenvalue weighted by Crippen LogP contribution is 2.18. The number of carbonyl (C=O) groups is 1. The van der Waals surface area contributed by atoms with Gasteiger partial charge < -0.3 is 10.1 Å². The van der Waals surface area contributed by atoms with Crippen molar-refractivity contribution in [1.82, 2.24) is 0 Å². The van der Waals surface area contributed by atoms with Gasteiger partial charge in [0.1, 0.15) is 12.4 Å². The predicted molar refractivity (Wildman–Crippen MR) is 111 cm³/mol. The Morgan fingerprint density at radius 3 is 2.07 bits per heavy atom. The fourth-order valence-electron chi connectivity index (χ4n) is 2.31. The molecule has 0 saturated heterocycles. The molecule has 1 N–H and O–H groups in total. The van der Waals surface area contributed by atoms with Gasteiger partial charge in [-0.1, -0.05) is 47.5 Å². The lowest BCUT2D eigenvalue weighted by atomic mass is 10.2. The van der Waals surface area contributed by atoms with Crippen LogP contribution in [0.5, 0.6) is 5.75 Å². The van der Waals surface area contributed by atoms with Gasteiger partial charge in [0.2, 0.25) is 5.91 Å². The number of anilines is 1. The second-order valence-corrected chi connectivity index (χ2v) is 6.69. The molecule has 5 heteroatoms. The summed E-state index contributed by atoms with van der Waals surface area (Å²) in [4.78, 5) is 12.0. The number of hydrogen-bond donors (Lipinski definition) is 1. The molecule has 3 rings (SSSR count). The third-order valence-corrected chi connectivity index (χ3v) is 4.24. The molecular weight excluding hydrogens is 381 g/mol. The van der Waals surface area contributed by atoms with Gasteiger partial charge in [0, 0.05) is 21.8 Å². The highest BCUT2D eigenvalue weighted by atomic mass is 35.5.